The highest BCUT2D eigenvalue weighted by Crippen LogP contribution is 2.17. The van der Waals surface area contributed by atoms with Crippen molar-refractivity contribution in [1.29, 1.82) is 0 Å². The van der Waals surface area contributed by atoms with Crippen LogP contribution >= 0.6 is 0 Å². The SMILES string of the molecule is O=C1CCCCCCCCCCCCCCc2[nH]ccc2C1. The van der Waals surface area contributed by atoms with Crippen LogP contribution in [0.5, 0.6) is 0 Å². The molecule has 0 radical (unpaired) electrons. The average molecular weight is 303 g/mol. The normalized spacial score (nSPS) is 20.8. The lowest BCUT2D eigenvalue weighted by molar-refractivity contribution is -0.118. The molecule has 1 aromatic heterocycles. The molecule has 2 heteroatoms. The zero-order valence-electron chi connectivity index (χ0n) is 14.2. The van der Waals surface area contributed by atoms with Gasteiger partial charge in [0.1, 0.15) is 5.78 Å². The summed E-state index contributed by atoms with van der Waals surface area (Å²) >= 11 is 0. The summed E-state index contributed by atoms with van der Waals surface area (Å²) in [6, 6.07) is 2.10. The second kappa shape index (κ2) is 10.6. The van der Waals surface area contributed by atoms with Crippen molar-refractivity contribution in [3.8, 4) is 0 Å². The predicted molar refractivity (Wildman–Crippen MR) is 93.2 cm³/mol. The molecule has 0 aromatic carbocycles. The lowest BCUT2D eigenvalue weighted by Crippen LogP contribution is -2.04. The molecule has 0 saturated carbocycles. The van der Waals surface area contributed by atoms with Crippen molar-refractivity contribution in [1.82, 2.24) is 4.98 Å². The fourth-order valence-corrected chi connectivity index (χ4v) is 3.53. The lowest BCUT2D eigenvalue weighted by Gasteiger charge is -2.06. The summed E-state index contributed by atoms with van der Waals surface area (Å²) in [4.78, 5) is 15.5. The molecule has 0 fully saturated rings. The number of fused-ring (bicyclic) bond motifs is 1. The Kier molecular flexibility index (Phi) is 8.37. The topological polar surface area (TPSA) is 32.9 Å². The van der Waals surface area contributed by atoms with Gasteiger partial charge in [0.25, 0.3) is 0 Å². The molecule has 22 heavy (non-hydrogen) atoms. The van der Waals surface area contributed by atoms with Gasteiger partial charge in [0.2, 0.25) is 0 Å². The quantitative estimate of drug-likeness (QED) is 0.650. The molecule has 2 nitrogen and oxygen atoms in total. The Labute approximate surface area is 136 Å². The maximum atomic E-state index is 12.1. The van der Waals surface area contributed by atoms with E-state index in [1.54, 1.807) is 0 Å². The van der Waals surface area contributed by atoms with Gasteiger partial charge >= 0.3 is 0 Å². The molecule has 1 aliphatic rings. The summed E-state index contributed by atoms with van der Waals surface area (Å²) < 4.78 is 0. The zero-order chi connectivity index (χ0) is 15.5. The van der Waals surface area contributed by atoms with Crippen molar-refractivity contribution in [2.75, 3.05) is 0 Å². The first-order valence-electron chi connectivity index (χ1n) is 9.53. The van der Waals surface area contributed by atoms with E-state index in [1.165, 1.54) is 81.9 Å². The van der Waals surface area contributed by atoms with Gasteiger partial charge in [-0.3, -0.25) is 4.79 Å². The van der Waals surface area contributed by atoms with E-state index < -0.39 is 0 Å². The first kappa shape index (κ1) is 17.3. The Morgan fingerprint density at radius 1 is 0.682 bits per heavy atom. The number of nitrogens with one attached hydrogen (secondary N) is 1. The average Bonchev–Trinajstić information content (AvgIpc) is 2.94. The van der Waals surface area contributed by atoms with E-state index >= 15 is 0 Å². The van der Waals surface area contributed by atoms with Crippen LogP contribution in [0.15, 0.2) is 12.3 Å². The number of Topliss-reactive ketones (excluding diaryl/α,β-unsaturated/α-hetero) is 1. The number of hydrogen-bond donors (Lipinski definition) is 1. The fraction of sp³-hybridized carbons (Fsp3) is 0.750. The molecule has 0 aliphatic heterocycles. The second-order valence-corrected chi connectivity index (χ2v) is 6.94. The zero-order valence-corrected chi connectivity index (χ0v) is 14.2. The molecular formula is C20H33NO. The summed E-state index contributed by atoms with van der Waals surface area (Å²) in [6.07, 6.45) is 20.5. The predicted octanol–water partition coefficient (Wildman–Crippen LogP) is 5.75. The maximum absolute atomic E-state index is 12.1. The van der Waals surface area contributed by atoms with Gasteiger partial charge in [-0.05, 0) is 30.9 Å². The van der Waals surface area contributed by atoms with E-state index in [9.17, 15) is 4.79 Å². The van der Waals surface area contributed by atoms with Crippen molar-refractivity contribution in [2.45, 2.75) is 96.3 Å². The number of hydrogen-bond acceptors (Lipinski definition) is 1. The summed E-state index contributed by atoms with van der Waals surface area (Å²) in [5.74, 6) is 0.418. The van der Waals surface area contributed by atoms with E-state index in [2.05, 4.69) is 11.1 Å². The molecule has 1 N–H and O–H groups in total. The highest BCUT2D eigenvalue weighted by molar-refractivity contribution is 5.81. The number of carbonyl (C=O) groups excluding carboxylic acids is 1. The van der Waals surface area contributed by atoms with E-state index in [0.29, 0.717) is 12.2 Å². The molecule has 0 unspecified atom stereocenters. The Bertz CT molecular complexity index is 421. The molecule has 1 aliphatic carbocycles. The highest BCUT2D eigenvalue weighted by Gasteiger charge is 2.09. The van der Waals surface area contributed by atoms with Crippen molar-refractivity contribution >= 4 is 5.78 Å². The van der Waals surface area contributed by atoms with Gasteiger partial charge in [-0.2, -0.15) is 0 Å². The Morgan fingerprint density at radius 2 is 1.18 bits per heavy atom. The third-order valence-corrected chi connectivity index (χ3v) is 4.95. The molecule has 0 atom stereocenters. The van der Waals surface area contributed by atoms with Crippen molar-refractivity contribution in [2.24, 2.45) is 0 Å². The first-order valence-corrected chi connectivity index (χ1v) is 9.53. The van der Waals surface area contributed by atoms with Crippen LogP contribution in [0.2, 0.25) is 0 Å². The summed E-state index contributed by atoms with van der Waals surface area (Å²) in [5, 5.41) is 0. The first-order chi connectivity index (χ1) is 10.9. The molecule has 2 rings (SSSR count). The molecule has 0 spiro atoms. The largest absolute Gasteiger partial charge is 0.365 e. The van der Waals surface area contributed by atoms with Crippen LogP contribution in [0.25, 0.3) is 0 Å². The van der Waals surface area contributed by atoms with E-state index in [-0.39, 0.29) is 0 Å². The van der Waals surface area contributed by atoms with Crippen LogP contribution < -0.4 is 0 Å². The number of carbonyl (C=O) groups is 1. The van der Waals surface area contributed by atoms with Gasteiger partial charge < -0.3 is 4.98 Å². The van der Waals surface area contributed by atoms with Crippen molar-refractivity contribution in [3.05, 3.63) is 23.5 Å². The number of aromatic nitrogens is 1. The van der Waals surface area contributed by atoms with E-state index in [0.717, 1.165) is 19.3 Å². The van der Waals surface area contributed by atoms with Crippen LogP contribution in [0.3, 0.4) is 0 Å². The Morgan fingerprint density at radius 3 is 1.77 bits per heavy atom. The molecule has 0 bridgehead atoms. The standard InChI is InChI=1S/C20H33NO/c22-19-13-11-9-7-5-3-1-2-4-6-8-10-12-14-20-18(17-19)15-16-21-20/h15-16,21H,1-14,17H2. The number of ketones is 1. The van der Waals surface area contributed by atoms with Crippen LogP contribution in [0.4, 0.5) is 0 Å². The van der Waals surface area contributed by atoms with Crippen LogP contribution in [-0.2, 0) is 17.6 Å². The lowest BCUT2D eigenvalue weighted by atomic mass is 9.99. The molecule has 1 heterocycles. The van der Waals surface area contributed by atoms with Gasteiger partial charge in [0, 0.05) is 24.7 Å². The summed E-state index contributed by atoms with van der Waals surface area (Å²) in [7, 11) is 0. The number of H-pyrrole nitrogens is 1. The monoisotopic (exact) mass is 303 g/mol. The number of rotatable bonds is 0. The maximum Gasteiger partial charge on any atom is 0.137 e. The third-order valence-electron chi connectivity index (χ3n) is 4.95. The van der Waals surface area contributed by atoms with E-state index in [4.69, 9.17) is 0 Å². The van der Waals surface area contributed by atoms with E-state index in [1.807, 2.05) is 6.20 Å². The Hall–Kier alpha value is -1.05. The smallest absolute Gasteiger partial charge is 0.137 e. The Balaban J connectivity index is 1.81. The van der Waals surface area contributed by atoms with Crippen LogP contribution in [0, 0.1) is 0 Å². The van der Waals surface area contributed by atoms with Gasteiger partial charge in [-0.15, -0.1) is 0 Å². The second-order valence-electron chi connectivity index (χ2n) is 6.94. The van der Waals surface area contributed by atoms with Crippen molar-refractivity contribution in [3.63, 3.8) is 0 Å². The summed E-state index contributed by atoms with van der Waals surface area (Å²) in [6.45, 7) is 0. The van der Waals surface area contributed by atoms with Crippen LogP contribution in [0.1, 0.15) is 94.7 Å². The minimum Gasteiger partial charge on any atom is -0.365 e. The molecule has 124 valence electrons. The summed E-state index contributed by atoms with van der Waals surface area (Å²) in [5.41, 5.74) is 2.54. The highest BCUT2D eigenvalue weighted by atomic mass is 16.1. The van der Waals surface area contributed by atoms with Crippen LogP contribution in [-0.4, -0.2) is 10.8 Å². The number of aryl methyl sites for hydroxylation is 1. The third kappa shape index (κ3) is 6.81. The van der Waals surface area contributed by atoms with Gasteiger partial charge in [0.15, 0.2) is 0 Å². The van der Waals surface area contributed by atoms with Crippen molar-refractivity contribution < 1.29 is 4.79 Å². The fourth-order valence-electron chi connectivity index (χ4n) is 3.53. The van der Waals surface area contributed by atoms with Gasteiger partial charge in [0.05, 0.1) is 0 Å². The van der Waals surface area contributed by atoms with Gasteiger partial charge in [-0.1, -0.05) is 64.2 Å². The molecule has 1 aromatic rings. The number of aromatic amines is 1. The molecule has 0 amide bonds. The minimum absolute atomic E-state index is 0.418. The molecule has 0 saturated heterocycles. The molecular weight excluding hydrogens is 270 g/mol. The van der Waals surface area contributed by atoms with Gasteiger partial charge in [-0.25, -0.2) is 0 Å². The minimum atomic E-state index is 0.418.